The molecule has 2 aromatic rings. The van der Waals surface area contributed by atoms with Crippen LogP contribution in [0.15, 0.2) is 34.0 Å². The molecule has 0 bridgehead atoms. The van der Waals surface area contributed by atoms with E-state index >= 15 is 0 Å². The Morgan fingerprint density at radius 1 is 1.48 bits per heavy atom. The first-order valence-corrected chi connectivity index (χ1v) is 8.29. The molecule has 2 rings (SSSR count). The molecule has 2 N–H and O–H groups in total. The van der Waals surface area contributed by atoms with Crippen molar-refractivity contribution in [3.05, 3.63) is 51.2 Å². The van der Waals surface area contributed by atoms with Gasteiger partial charge in [-0.15, -0.1) is 0 Å². The number of rotatable bonds is 5. The molecule has 0 saturated carbocycles. The number of carbonyl (C=O) groups is 1. The van der Waals surface area contributed by atoms with Gasteiger partial charge in [-0.05, 0) is 24.3 Å². The van der Waals surface area contributed by atoms with E-state index < -0.39 is 21.5 Å². The predicted molar refractivity (Wildman–Crippen MR) is 83.3 cm³/mol. The number of hydrogen-bond acceptors (Lipinski definition) is 5. The standard InChI is InChI=1S/C13H12ClN3O5S/c1-17-11(15-16-13(17)20)3-2-6-23(21,22)8-4-5-9(12(18)19)10(14)7-8/h2-5,7H,6H2,1H3,(H,16,20)(H,18,19). The van der Waals surface area contributed by atoms with Gasteiger partial charge in [-0.2, -0.15) is 5.10 Å². The lowest BCUT2D eigenvalue weighted by molar-refractivity contribution is 0.0697. The van der Waals surface area contributed by atoms with Gasteiger partial charge in [-0.25, -0.2) is 23.1 Å². The summed E-state index contributed by atoms with van der Waals surface area (Å²) in [7, 11) is -2.20. The Morgan fingerprint density at radius 2 is 2.17 bits per heavy atom. The van der Waals surface area contributed by atoms with Crippen molar-refractivity contribution in [1.29, 1.82) is 0 Å². The van der Waals surface area contributed by atoms with Crippen LogP contribution in [0.3, 0.4) is 0 Å². The molecule has 0 fully saturated rings. The number of halogens is 1. The van der Waals surface area contributed by atoms with Gasteiger partial charge in [0.2, 0.25) is 0 Å². The number of benzene rings is 1. The summed E-state index contributed by atoms with van der Waals surface area (Å²) >= 11 is 5.77. The van der Waals surface area contributed by atoms with Gasteiger partial charge in [0.15, 0.2) is 15.7 Å². The van der Waals surface area contributed by atoms with Gasteiger partial charge in [-0.1, -0.05) is 17.7 Å². The highest BCUT2D eigenvalue weighted by Crippen LogP contribution is 2.22. The van der Waals surface area contributed by atoms with Crippen molar-refractivity contribution < 1.29 is 18.3 Å². The van der Waals surface area contributed by atoms with Gasteiger partial charge in [-0.3, -0.25) is 4.57 Å². The Hall–Kier alpha value is -2.39. The molecule has 1 aromatic heterocycles. The van der Waals surface area contributed by atoms with Gasteiger partial charge < -0.3 is 5.11 Å². The molecule has 0 amide bonds. The molecular weight excluding hydrogens is 346 g/mol. The fourth-order valence-electron chi connectivity index (χ4n) is 1.75. The summed E-state index contributed by atoms with van der Waals surface area (Å²) < 4.78 is 25.6. The second-order valence-corrected chi connectivity index (χ2v) is 7.02. The average molecular weight is 358 g/mol. The fraction of sp³-hybridized carbons (Fsp3) is 0.154. The van der Waals surface area contributed by atoms with E-state index in [9.17, 15) is 18.0 Å². The monoisotopic (exact) mass is 357 g/mol. The summed E-state index contributed by atoms with van der Waals surface area (Å²) in [6.45, 7) is 0. The lowest BCUT2D eigenvalue weighted by Crippen LogP contribution is -2.13. The number of hydrogen-bond donors (Lipinski definition) is 2. The van der Waals surface area contributed by atoms with Crippen LogP contribution in [0, 0.1) is 0 Å². The molecule has 0 aliphatic carbocycles. The first-order valence-electron chi connectivity index (χ1n) is 6.26. The second-order valence-electron chi connectivity index (χ2n) is 4.58. The molecule has 10 heteroatoms. The van der Waals surface area contributed by atoms with Gasteiger partial charge >= 0.3 is 11.7 Å². The number of aromatic nitrogens is 3. The van der Waals surface area contributed by atoms with Crippen LogP contribution in [0.5, 0.6) is 0 Å². The first kappa shape index (κ1) is 17.0. The van der Waals surface area contributed by atoms with E-state index in [1.807, 2.05) is 0 Å². The lowest BCUT2D eigenvalue weighted by atomic mass is 10.2. The second kappa shape index (κ2) is 6.39. The van der Waals surface area contributed by atoms with E-state index in [2.05, 4.69) is 10.2 Å². The lowest BCUT2D eigenvalue weighted by Gasteiger charge is -2.04. The smallest absolute Gasteiger partial charge is 0.343 e. The highest BCUT2D eigenvalue weighted by Gasteiger charge is 2.16. The van der Waals surface area contributed by atoms with E-state index in [1.165, 1.54) is 29.8 Å². The van der Waals surface area contributed by atoms with Crippen LogP contribution in [0.1, 0.15) is 16.2 Å². The number of nitrogens with one attached hydrogen (secondary N) is 1. The van der Waals surface area contributed by atoms with Crippen LogP contribution in [0.25, 0.3) is 6.08 Å². The molecule has 122 valence electrons. The molecule has 0 atom stereocenters. The maximum absolute atomic E-state index is 12.2. The van der Waals surface area contributed by atoms with Gasteiger partial charge in [0, 0.05) is 7.05 Å². The van der Waals surface area contributed by atoms with Gasteiger partial charge in [0.25, 0.3) is 0 Å². The third-order valence-corrected chi connectivity index (χ3v) is 4.94. The largest absolute Gasteiger partial charge is 0.478 e. The summed E-state index contributed by atoms with van der Waals surface area (Å²) in [4.78, 5) is 21.9. The molecule has 0 aliphatic heterocycles. The molecule has 1 heterocycles. The van der Waals surface area contributed by atoms with Crippen molar-refractivity contribution in [2.45, 2.75) is 4.90 Å². The summed E-state index contributed by atoms with van der Waals surface area (Å²) in [6.07, 6.45) is 2.73. The molecule has 8 nitrogen and oxygen atoms in total. The highest BCUT2D eigenvalue weighted by molar-refractivity contribution is 7.91. The molecule has 23 heavy (non-hydrogen) atoms. The highest BCUT2D eigenvalue weighted by atomic mass is 35.5. The molecule has 0 saturated heterocycles. The molecular formula is C13H12ClN3O5S. The predicted octanol–water partition coefficient (Wildman–Crippen LogP) is 0.947. The molecule has 0 aliphatic rings. The van der Waals surface area contributed by atoms with Gasteiger partial charge in [0.05, 0.1) is 21.2 Å². The zero-order chi connectivity index (χ0) is 17.2. The SMILES string of the molecule is Cn1c(C=CCS(=O)(=O)c2ccc(C(=O)O)c(Cl)c2)n[nH]c1=O. The van der Waals surface area contributed by atoms with Crippen LogP contribution >= 0.6 is 11.6 Å². The Morgan fingerprint density at radius 3 is 2.70 bits per heavy atom. The van der Waals surface area contributed by atoms with Crippen LogP contribution < -0.4 is 5.69 Å². The Labute approximate surface area is 135 Å². The topological polar surface area (TPSA) is 122 Å². The minimum atomic E-state index is -3.69. The number of carboxylic acids is 1. The number of aromatic carboxylic acids is 1. The van der Waals surface area contributed by atoms with E-state index in [4.69, 9.17) is 16.7 Å². The minimum absolute atomic E-state index is 0.0898. The molecule has 0 spiro atoms. The van der Waals surface area contributed by atoms with E-state index in [-0.39, 0.29) is 27.1 Å². The van der Waals surface area contributed by atoms with Crippen molar-refractivity contribution in [3.8, 4) is 0 Å². The quantitative estimate of drug-likeness (QED) is 0.821. The van der Waals surface area contributed by atoms with E-state index in [0.717, 1.165) is 12.1 Å². The average Bonchev–Trinajstić information content (AvgIpc) is 2.78. The van der Waals surface area contributed by atoms with Crippen LogP contribution in [-0.4, -0.2) is 40.0 Å². The Balaban J connectivity index is 2.22. The van der Waals surface area contributed by atoms with Gasteiger partial charge in [0.1, 0.15) is 0 Å². The summed E-state index contributed by atoms with van der Waals surface area (Å²) in [5.41, 5.74) is -0.587. The number of H-pyrrole nitrogens is 1. The van der Waals surface area contributed by atoms with Crippen LogP contribution in [0.2, 0.25) is 5.02 Å². The maximum Gasteiger partial charge on any atom is 0.343 e. The summed E-state index contributed by atoms with van der Waals surface area (Å²) in [6, 6.07) is 3.42. The Bertz CT molecular complexity index is 943. The molecule has 1 aromatic carbocycles. The first-order chi connectivity index (χ1) is 10.7. The van der Waals surface area contributed by atoms with E-state index in [1.54, 1.807) is 0 Å². The van der Waals surface area contributed by atoms with Crippen molar-refractivity contribution in [1.82, 2.24) is 14.8 Å². The van der Waals surface area contributed by atoms with Crippen LogP contribution in [-0.2, 0) is 16.9 Å². The third-order valence-electron chi connectivity index (χ3n) is 3.03. The number of aromatic amines is 1. The van der Waals surface area contributed by atoms with Crippen molar-refractivity contribution >= 4 is 33.5 Å². The maximum atomic E-state index is 12.2. The molecule has 0 unspecified atom stereocenters. The van der Waals surface area contributed by atoms with Crippen molar-refractivity contribution in [2.75, 3.05) is 5.75 Å². The molecule has 0 radical (unpaired) electrons. The fourth-order valence-corrected chi connectivity index (χ4v) is 3.19. The normalized spacial score (nSPS) is 11.9. The minimum Gasteiger partial charge on any atom is -0.478 e. The summed E-state index contributed by atoms with van der Waals surface area (Å²) in [5, 5.41) is 14.7. The number of sulfone groups is 1. The Kier molecular flexibility index (Phi) is 4.71. The van der Waals surface area contributed by atoms with Crippen molar-refractivity contribution in [2.24, 2.45) is 7.05 Å². The zero-order valence-electron chi connectivity index (χ0n) is 11.9. The van der Waals surface area contributed by atoms with Crippen molar-refractivity contribution in [3.63, 3.8) is 0 Å². The van der Waals surface area contributed by atoms with Crippen LogP contribution in [0.4, 0.5) is 0 Å². The van der Waals surface area contributed by atoms with E-state index in [0.29, 0.717) is 0 Å². The number of nitrogens with zero attached hydrogens (tertiary/aromatic N) is 2. The zero-order valence-corrected chi connectivity index (χ0v) is 13.4. The summed E-state index contributed by atoms with van der Waals surface area (Å²) in [5.74, 6) is -1.31. The third kappa shape index (κ3) is 3.69. The number of carboxylic acid groups (broad SMARTS) is 1.